The molecule has 0 saturated carbocycles. The average molecular weight is 505 g/mol. The Kier molecular flexibility index (Phi) is 9.47. The van der Waals surface area contributed by atoms with Gasteiger partial charge in [-0.05, 0) is 50.2 Å². The highest BCUT2D eigenvalue weighted by molar-refractivity contribution is 14.0. The lowest BCUT2D eigenvalue weighted by Gasteiger charge is -2.12. The molecule has 5 nitrogen and oxygen atoms in total. The lowest BCUT2D eigenvalue weighted by molar-refractivity contribution is 0.402. The number of nitrogens with one attached hydrogen (secondary N) is 3. The van der Waals surface area contributed by atoms with Gasteiger partial charge in [0.2, 0.25) is 0 Å². The maximum Gasteiger partial charge on any atom is 0.191 e. The highest BCUT2D eigenvalue weighted by Crippen LogP contribution is 2.17. The van der Waals surface area contributed by atoms with E-state index >= 15 is 0 Å². The first-order valence-corrected chi connectivity index (χ1v) is 9.95. The van der Waals surface area contributed by atoms with Crippen molar-refractivity contribution in [2.75, 3.05) is 27.2 Å². The summed E-state index contributed by atoms with van der Waals surface area (Å²) in [6, 6.07) is 17.1. The molecule has 3 N–H and O–H groups in total. The van der Waals surface area contributed by atoms with Crippen LogP contribution in [0.25, 0.3) is 10.9 Å². The predicted molar refractivity (Wildman–Crippen MR) is 134 cm³/mol. The minimum atomic E-state index is 0. The normalized spacial score (nSPS) is 11.5. The number of benzene rings is 2. The van der Waals surface area contributed by atoms with Crippen molar-refractivity contribution in [3.05, 3.63) is 71.4 Å². The SMILES string of the molecule is CCNC(=NCc1ccc(CN(C)C)cc1)NCCc1c[nH]c2ccccc12.I. The quantitative estimate of drug-likeness (QED) is 0.245. The van der Waals surface area contributed by atoms with E-state index in [2.05, 4.69) is 96.3 Å². The third-order valence-electron chi connectivity index (χ3n) is 4.65. The van der Waals surface area contributed by atoms with Crippen molar-refractivity contribution in [1.82, 2.24) is 20.5 Å². The fourth-order valence-corrected chi connectivity index (χ4v) is 3.28. The van der Waals surface area contributed by atoms with Gasteiger partial charge >= 0.3 is 0 Å². The molecule has 0 aliphatic carbocycles. The van der Waals surface area contributed by atoms with Gasteiger partial charge in [0.05, 0.1) is 6.54 Å². The zero-order valence-corrected chi connectivity index (χ0v) is 19.9. The number of nitrogens with zero attached hydrogens (tertiary/aromatic N) is 2. The number of halogens is 1. The van der Waals surface area contributed by atoms with Crippen molar-refractivity contribution in [1.29, 1.82) is 0 Å². The van der Waals surface area contributed by atoms with E-state index in [1.165, 1.54) is 27.6 Å². The van der Waals surface area contributed by atoms with E-state index in [1.54, 1.807) is 0 Å². The summed E-state index contributed by atoms with van der Waals surface area (Å²) in [5.41, 5.74) is 5.06. The molecule has 1 heterocycles. The molecule has 0 fully saturated rings. The molecular weight excluding hydrogens is 473 g/mol. The number of aromatic amines is 1. The van der Waals surface area contributed by atoms with Crippen molar-refractivity contribution in [2.24, 2.45) is 4.99 Å². The number of rotatable bonds is 8. The van der Waals surface area contributed by atoms with Crippen LogP contribution in [0.15, 0.2) is 59.7 Å². The van der Waals surface area contributed by atoms with Crippen molar-refractivity contribution in [3.63, 3.8) is 0 Å². The van der Waals surface area contributed by atoms with Gasteiger partial charge in [-0.25, -0.2) is 4.99 Å². The van der Waals surface area contributed by atoms with E-state index in [1.807, 2.05) is 0 Å². The summed E-state index contributed by atoms with van der Waals surface area (Å²) in [7, 11) is 4.17. The smallest absolute Gasteiger partial charge is 0.191 e. The second-order valence-corrected chi connectivity index (χ2v) is 7.29. The monoisotopic (exact) mass is 505 g/mol. The topological polar surface area (TPSA) is 55.5 Å². The Bertz CT molecular complexity index is 899. The number of para-hydroxylation sites is 1. The van der Waals surface area contributed by atoms with Gasteiger partial charge in [-0.15, -0.1) is 24.0 Å². The molecule has 0 unspecified atom stereocenters. The molecule has 1 aromatic heterocycles. The van der Waals surface area contributed by atoms with Gasteiger partial charge in [-0.1, -0.05) is 42.5 Å². The summed E-state index contributed by atoms with van der Waals surface area (Å²) < 4.78 is 0. The van der Waals surface area contributed by atoms with Crippen LogP contribution in [0.3, 0.4) is 0 Å². The molecule has 0 amide bonds. The predicted octanol–water partition coefficient (Wildman–Crippen LogP) is 4.15. The standard InChI is InChI=1S/C23H31N5.HI/c1-4-24-23(27-15-18-9-11-19(12-10-18)17-28(2)3)25-14-13-20-16-26-22-8-6-5-7-21(20)22;/h5-12,16,26H,4,13-15,17H2,1-3H3,(H2,24,25,27);1H. The molecular formula is C23H32IN5. The van der Waals surface area contributed by atoms with E-state index in [4.69, 9.17) is 4.99 Å². The van der Waals surface area contributed by atoms with E-state index in [9.17, 15) is 0 Å². The lowest BCUT2D eigenvalue weighted by atomic mass is 10.1. The Morgan fingerprint density at radius 1 is 1.00 bits per heavy atom. The first-order chi connectivity index (χ1) is 13.7. The van der Waals surface area contributed by atoms with Crippen LogP contribution in [0.1, 0.15) is 23.6 Å². The first kappa shape index (κ1) is 23.2. The number of H-pyrrole nitrogens is 1. The van der Waals surface area contributed by atoms with Gasteiger partial charge in [0.15, 0.2) is 5.96 Å². The van der Waals surface area contributed by atoms with Crippen LogP contribution in [-0.2, 0) is 19.5 Å². The molecule has 6 heteroatoms. The summed E-state index contributed by atoms with van der Waals surface area (Å²) in [6.07, 6.45) is 3.05. The molecule has 3 aromatic rings. The molecule has 0 spiro atoms. The number of guanidine groups is 1. The molecule has 3 rings (SSSR count). The number of aromatic nitrogens is 1. The van der Waals surface area contributed by atoms with Crippen LogP contribution in [0.5, 0.6) is 0 Å². The largest absolute Gasteiger partial charge is 0.361 e. The highest BCUT2D eigenvalue weighted by atomic mass is 127. The second kappa shape index (κ2) is 11.8. The molecule has 156 valence electrons. The Labute approximate surface area is 191 Å². The molecule has 0 radical (unpaired) electrons. The van der Waals surface area contributed by atoms with Crippen LogP contribution < -0.4 is 10.6 Å². The van der Waals surface area contributed by atoms with E-state index in [-0.39, 0.29) is 24.0 Å². The van der Waals surface area contributed by atoms with Gasteiger partial charge in [-0.3, -0.25) is 0 Å². The Morgan fingerprint density at radius 2 is 1.72 bits per heavy atom. The van der Waals surface area contributed by atoms with Crippen molar-refractivity contribution in [2.45, 2.75) is 26.4 Å². The summed E-state index contributed by atoms with van der Waals surface area (Å²) in [5, 5.41) is 8.08. The molecule has 2 aromatic carbocycles. The van der Waals surface area contributed by atoms with Crippen molar-refractivity contribution < 1.29 is 0 Å². The second-order valence-electron chi connectivity index (χ2n) is 7.29. The van der Waals surface area contributed by atoms with Crippen molar-refractivity contribution in [3.8, 4) is 0 Å². The molecule has 29 heavy (non-hydrogen) atoms. The fourth-order valence-electron chi connectivity index (χ4n) is 3.28. The zero-order chi connectivity index (χ0) is 19.8. The van der Waals surface area contributed by atoms with E-state index < -0.39 is 0 Å². The number of fused-ring (bicyclic) bond motifs is 1. The molecule has 0 atom stereocenters. The van der Waals surface area contributed by atoms with Crippen LogP contribution in [-0.4, -0.2) is 43.0 Å². The summed E-state index contributed by atoms with van der Waals surface area (Å²) in [6.45, 7) is 5.41. The highest BCUT2D eigenvalue weighted by Gasteiger charge is 2.04. The van der Waals surface area contributed by atoms with Gasteiger partial charge in [-0.2, -0.15) is 0 Å². The number of aliphatic imine (C=N–C) groups is 1. The minimum absolute atomic E-state index is 0. The minimum Gasteiger partial charge on any atom is -0.361 e. The van der Waals surface area contributed by atoms with Gasteiger partial charge < -0.3 is 20.5 Å². The number of hydrogen-bond donors (Lipinski definition) is 3. The van der Waals surface area contributed by atoms with Gasteiger partial charge in [0.1, 0.15) is 0 Å². The van der Waals surface area contributed by atoms with Crippen LogP contribution in [0.4, 0.5) is 0 Å². The summed E-state index contributed by atoms with van der Waals surface area (Å²) >= 11 is 0. The van der Waals surface area contributed by atoms with Crippen LogP contribution >= 0.6 is 24.0 Å². The van der Waals surface area contributed by atoms with E-state index in [0.717, 1.165) is 32.0 Å². The Hall–Kier alpha value is -2.06. The Morgan fingerprint density at radius 3 is 2.45 bits per heavy atom. The van der Waals surface area contributed by atoms with Gasteiger partial charge in [0, 0.05) is 36.7 Å². The first-order valence-electron chi connectivity index (χ1n) is 9.95. The molecule has 0 bridgehead atoms. The maximum atomic E-state index is 4.73. The maximum absolute atomic E-state index is 4.73. The third kappa shape index (κ3) is 7.04. The third-order valence-corrected chi connectivity index (χ3v) is 4.65. The molecule has 0 aliphatic heterocycles. The van der Waals surface area contributed by atoms with Gasteiger partial charge in [0.25, 0.3) is 0 Å². The number of hydrogen-bond acceptors (Lipinski definition) is 2. The molecule has 0 saturated heterocycles. The van der Waals surface area contributed by atoms with Crippen LogP contribution in [0, 0.1) is 0 Å². The van der Waals surface area contributed by atoms with E-state index in [0.29, 0.717) is 6.54 Å². The van der Waals surface area contributed by atoms with Crippen LogP contribution in [0.2, 0.25) is 0 Å². The Balaban J connectivity index is 0.00000300. The summed E-state index contributed by atoms with van der Waals surface area (Å²) in [5.74, 6) is 0.861. The average Bonchev–Trinajstić information content (AvgIpc) is 3.10. The van der Waals surface area contributed by atoms with Crippen molar-refractivity contribution >= 4 is 40.8 Å². The summed E-state index contributed by atoms with van der Waals surface area (Å²) in [4.78, 5) is 10.2. The zero-order valence-electron chi connectivity index (χ0n) is 17.5. The molecule has 0 aliphatic rings. The lowest BCUT2D eigenvalue weighted by Crippen LogP contribution is -2.38. The fraction of sp³-hybridized carbons (Fsp3) is 0.348.